The van der Waals surface area contributed by atoms with Crippen molar-refractivity contribution in [2.75, 3.05) is 17.6 Å². The summed E-state index contributed by atoms with van der Waals surface area (Å²) < 4.78 is 27.7. The van der Waals surface area contributed by atoms with Crippen LogP contribution in [0.3, 0.4) is 0 Å². The molecule has 0 unspecified atom stereocenters. The van der Waals surface area contributed by atoms with Gasteiger partial charge in [0.15, 0.2) is 0 Å². The Balaban J connectivity index is 1.32. The normalized spacial score (nSPS) is 14.2. The number of nitrogens with zero attached hydrogens (tertiary/aromatic N) is 3. The molecule has 5 rings (SSSR count). The van der Waals surface area contributed by atoms with Gasteiger partial charge in [-0.2, -0.15) is 4.31 Å². The summed E-state index contributed by atoms with van der Waals surface area (Å²) in [5.74, 6) is 0.883. The van der Waals surface area contributed by atoms with E-state index in [0.717, 1.165) is 44.7 Å². The number of benzene rings is 2. The third-order valence-electron chi connectivity index (χ3n) is 6.25. The number of aryl methyl sites for hydroxylation is 2. The third-order valence-corrected chi connectivity index (χ3v) is 8.07. The first-order valence-electron chi connectivity index (χ1n) is 11.1. The number of aromatic nitrogens is 2. The lowest BCUT2D eigenvalue weighted by atomic mass is 10.0. The van der Waals surface area contributed by atoms with Crippen molar-refractivity contribution in [1.29, 1.82) is 0 Å². The number of anilines is 2. The summed E-state index contributed by atoms with van der Waals surface area (Å²) in [6, 6.07) is 19.9. The molecule has 3 heterocycles. The summed E-state index contributed by atoms with van der Waals surface area (Å²) in [7, 11) is -3.35. The highest BCUT2D eigenvalue weighted by Gasteiger charge is 2.28. The van der Waals surface area contributed by atoms with E-state index in [9.17, 15) is 8.42 Å². The summed E-state index contributed by atoms with van der Waals surface area (Å²) in [4.78, 5) is 9.04. The number of hydrogen-bond donors (Lipinski definition) is 1. The minimum absolute atomic E-state index is 0.117. The van der Waals surface area contributed by atoms with E-state index in [2.05, 4.69) is 21.4 Å². The monoisotopic (exact) mass is 458 g/mol. The van der Waals surface area contributed by atoms with Crippen molar-refractivity contribution in [3.63, 3.8) is 0 Å². The van der Waals surface area contributed by atoms with Crippen LogP contribution in [-0.2, 0) is 29.4 Å². The molecule has 7 heteroatoms. The first-order valence-corrected chi connectivity index (χ1v) is 12.7. The Morgan fingerprint density at radius 2 is 1.85 bits per heavy atom. The van der Waals surface area contributed by atoms with Crippen LogP contribution in [0, 0.1) is 6.92 Å². The smallest absolute Gasteiger partial charge is 0.214 e. The topological polar surface area (TPSA) is 75.2 Å². The fourth-order valence-electron chi connectivity index (χ4n) is 4.34. The van der Waals surface area contributed by atoms with Gasteiger partial charge < -0.3 is 5.32 Å². The summed E-state index contributed by atoms with van der Waals surface area (Å²) in [6.07, 6.45) is 4.68. The Bertz CT molecular complexity index is 1420. The van der Waals surface area contributed by atoms with E-state index in [1.165, 1.54) is 0 Å². The number of pyridine rings is 2. The Morgan fingerprint density at radius 1 is 1.03 bits per heavy atom. The molecule has 33 heavy (non-hydrogen) atoms. The number of para-hydroxylation sites is 1. The van der Waals surface area contributed by atoms with Gasteiger partial charge in [0.25, 0.3) is 0 Å². The second-order valence-corrected chi connectivity index (χ2v) is 10.5. The standard InChI is InChI=1S/C26H26N4O2S/c1-19-6-2-3-7-20(19)12-15-33(31,32)30-14-11-24-22(18-30)10-13-27-26(24)29-23-16-21-8-4-5-9-25(21)28-17-23/h2-10,13,16-17H,11-12,14-15,18H2,1H3,(H,27,29). The van der Waals surface area contributed by atoms with Gasteiger partial charge in [-0.15, -0.1) is 0 Å². The van der Waals surface area contributed by atoms with E-state index in [1.807, 2.05) is 61.5 Å². The molecular weight excluding hydrogens is 432 g/mol. The van der Waals surface area contributed by atoms with Crippen molar-refractivity contribution in [3.8, 4) is 0 Å². The van der Waals surface area contributed by atoms with Gasteiger partial charge in [-0.25, -0.2) is 13.4 Å². The molecule has 0 saturated heterocycles. The van der Waals surface area contributed by atoms with E-state index < -0.39 is 10.0 Å². The molecule has 0 amide bonds. The molecule has 0 spiro atoms. The predicted octanol–water partition coefficient (Wildman–Crippen LogP) is 4.61. The third kappa shape index (κ3) is 4.60. The molecule has 2 aromatic carbocycles. The molecule has 0 fully saturated rings. The highest BCUT2D eigenvalue weighted by molar-refractivity contribution is 7.89. The van der Waals surface area contributed by atoms with Crippen LogP contribution >= 0.6 is 0 Å². The van der Waals surface area contributed by atoms with Crippen LogP contribution in [0.25, 0.3) is 10.9 Å². The highest BCUT2D eigenvalue weighted by atomic mass is 32.2. The quantitative estimate of drug-likeness (QED) is 0.457. The van der Waals surface area contributed by atoms with Crippen LogP contribution in [0.15, 0.2) is 73.1 Å². The summed E-state index contributed by atoms with van der Waals surface area (Å²) >= 11 is 0. The largest absolute Gasteiger partial charge is 0.339 e. The van der Waals surface area contributed by atoms with Crippen molar-refractivity contribution in [2.45, 2.75) is 26.3 Å². The number of fused-ring (bicyclic) bond motifs is 2. The fraction of sp³-hybridized carbons (Fsp3) is 0.231. The molecule has 0 radical (unpaired) electrons. The molecule has 0 bridgehead atoms. The van der Waals surface area contributed by atoms with Crippen LogP contribution in [-0.4, -0.2) is 35.0 Å². The lowest BCUT2D eigenvalue weighted by Crippen LogP contribution is -2.38. The van der Waals surface area contributed by atoms with E-state index in [0.29, 0.717) is 25.9 Å². The van der Waals surface area contributed by atoms with Gasteiger partial charge in [-0.1, -0.05) is 42.5 Å². The maximum atomic E-state index is 13.1. The maximum Gasteiger partial charge on any atom is 0.214 e. The van der Waals surface area contributed by atoms with Crippen LogP contribution in [0.4, 0.5) is 11.5 Å². The van der Waals surface area contributed by atoms with E-state index in [-0.39, 0.29) is 5.75 Å². The van der Waals surface area contributed by atoms with Crippen LogP contribution in [0.5, 0.6) is 0 Å². The van der Waals surface area contributed by atoms with Crippen molar-refractivity contribution in [3.05, 3.63) is 95.3 Å². The number of nitrogens with one attached hydrogen (secondary N) is 1. The number of hydrogen-bond acceptors (Lipinski definition) is 5. The Hall–Kier alpha value is -3.29. The Morgan fingerprint density at radius 3 is 2.73 bits per heavy atom. The summed E-state index contributed by atoms with van der Waals surface area (Å²) in [5.41, 5.74) is 6.07. The molecule has 1 N–H and O–H groups in total. The van der Waals surface area contributed by atoms with E-state index >= 15 is 0 Å². The summed E-state index contributed by atoms with van der Waals surface area (Å²) in [5, 5.41) is 4.44. The zero-order valence-corrected chi connectivity index (χ0v) is 19.3. The van der Waals surface area contributed by atoms with Gasteiger partial charge in [0, 0.05) is 30.2 Å². The Kier molecular flexibility index (Phi) is 5.83. The second kappa shape index (κ2) is 8.92. The molecular formula is C26H26N4O2S. The molecule has 2 aromatic heterocycles. The first kappa shape index (κ1) is 21.6. The maximum absolute atomic E-state index is 13.1. The molecule has 1 aliphatic rings. The van der Waals surface area contributed by atoms with Crippen LogP contribution in [0.1, 0.15) is 22.3 Å². The molecule has 4 aromatic rings. The van der Waals surface area contributed by atoms with Gasteiger partial charge in [0.2, 0.25) is 10.0 Å². The molecule has 0 atom stereocenters. The van der Waals surface area contributed by atoms with Crippen molar-refractivity contribution >= 4 is 32.4 Å². The SMILES string of the molecule is Cc1ccccc1CCS(=O)(=O)N1CCc2c(ccnc2Nc2cnc3ccccc3c2)C1. The molecule has 0 aliphatic carbocycles. The number of sulfonamides is 1. The molecule has 168 valence electrons. The van der Waals surface area contributed by atoms with Crippen molar-refractivity contribution in [1.82, 2.24) is 14.3 Å². The van der Waals surface area contributed by atoms with Gasteiger partial charge in [-0.3, -0.25) is 4.98 Å². The molecule has 0 saturated carbocycles. The lowest BCUT2D eigenvalue weighted by molar-refractivity contribution is 0.391. The van der Waals surface area contributed by atoms with Gasteiger partial charge in [-0.05, 0) is 54.7 Å². The number of rotatable bonds is 6. The van der Waals surface area contributed by atoms with Crippen LogP contribution < -0.4 is 5.32 Å². The predicted molar refractivity (Wildman–Crippen MR) is 132 cm³/mol. The minimum atomic E-state index is -3.35. The lowest BCUT2D eigenvalue weighted by Gasteiger charge is -2.29. The van der Waals surface area contributed by atoms with E-state index in [4.69, 9.17) is 0 Å². The van der Waals surface area contributed by atoms with Crippen LogP contribution in [0.2, 0.25) is 0 Å². The Labute approximate surface area is 194 Å². The minimum Gasteiger partial charge on any atom is -0.339 e. The zero-order chi connectivity index (χ0) is 22.8. The average molecular weight is 459 g/mol. The molecule has 1 aliphatic heterocycles. The highest BCUT2D eigenvalue weighted by Crippen LogP contribution is 2.29. The van der Waals surface area contributed by atoms with Gasteiger partial charge in [0.05, 0.1) is 23.2 Å². The zero-order valence-electron chi connectivity index (χ0n) is 18.5. The summed E-state index contributed by atoms with van der Waals surface area (Å²) in [6.45, 7) is 2.85. The second-order valence-electron chi connectivity index (χ2n) is 8.41. The van der Waals surface area contributed by atoms with Gasteiger partial charge >= 0.3 is 0 Å². The van der Waals surface area contributed by atoms with Gasteiger partial charge in [0.1, 0.15) is 5.82 Å². The first-order chi connectivity index (χ1) is 16.0. The van der Waals surface area contributed by atoms with Crippen molar-refractivity contribution in [2.24, 2.45) is 0 Å². The van der Waals surface area contributed by atoms with Crippen molar-refractivity contribution < 1.29 is 8.42 Å². The molecule has 6 nitrogen and oxygen atoms in total. The fourth-order valence-corrected chi connectivity index (χ4v) is 5.79. The van der Waals surface area contributed by atoms with E-state index in [1.54, 1.807) is 16.7 Å². The average Bonchev–Trinajstić information content (AvgIpc) is 2.83.